The van der Waals surface area contributed by atoms with Gasteiger partial charge >= 0.3 is 5.97 Å². The number of rotatable bonds is 3. The average Bonchev–Trinajstić information content (AvgIpc) is 3.13. The van der Waals surface area contributed by atoms with Crippen molar-refractivity contribution < 1.29 is 19.4 Å². The molecule has 1 aromatic rings. The lowest BCUT2D eigenvalue weighted by atomic mass is 9.81. The molecule has 2 fully saturated rings. The molecule has 3 heterocycles. The highest BCUT2D eigenvalue weighted by Gasteiger charge is 2.58. The molecule has 6 heteroatoms. The lowest BCUT2D eigenvalue weighted by Crippen LogP contribution is -2.41. The summed E-state index contributed by atoms with van der Waals surface area (Å²) in [5.74, 6) is 0.141. The third-order valence-electron chi connectivity index (χ3n) is 6.08. The van der Waals surface area contributed by atoms with Crippen LogP contribution >= 0.6 is 0 Å². The third kappa shape index (κ3) is 2.76. The van der Waals surface area contributed by atoms with E-state index in [0.29, 0.717) is 19.6 Å². The highest BCUT2D eigenvalue weighted by Crippen LogP contribution is 2.43. The number of aliphatic carboxylic acids is 1. The number of hydrogen-bond donors (Lipinski definition) is 1. The number of likely N-dealkylation sites (tertiary alicyclic amines) is 2. The largest absolute Gasteiger partial charge is 0.487 e. The van der Waals surface area contributed by atoms with Crippen molar-refractivity contribution in [3.63, 3.8) is 0 Å². The van der Waals surface area contributed by atoms with E-state index in [-0.39, 0.29) is 17.4 Å². The Morgan fingerprint density at radius 1 is 1.27 bits per heavy atom. The first-order chi connectivity index (χ1) is 12.2. The van der Waals surface area contributed by atoms with Crippen LogP contribution in [0.3, 0.4) is 0 Å². The summed E-state index contributed by atoms with van der Waals surface area (Å²) >= 11 is 0. The number of nitrogens with zero attached hydrogens (tertiary/aromatic N) is 2. The first-order valence-electron chi connectivity index (χ1n) is 9.21. The van der Waals surface area contributed by atoms with E-state index in [0.717, 1.165) is 25.3 Å². The van der Waals surface area contributed by atoms with E-state index in [1.165, 1.54) is 18.1 Å². The number of benzene rings is 1. The van der Waals surface area contributed by atoms with Crippen molar-refractivity contribution in [3.8, 4) is 5.75 Å². The number of carboxylic acid groups (broad SMARTS) is 1. The minimum absolute atomic E-state index is 0.000550. The summed E-state index contributed by atoms with van der Waals surface area (Å²) in [6.07, 6.45) is 0.894. The molecule has 6 nitrogen and oxygen atoms in total. The fraction of sp³-hybridized carbons (Fsp3) is 0.600. The highest BCUT2D eigenvalue weighted by molar-refractivity contribution is 5.80. The molecule has 0 radical (unpaired) electrons. The fourth-order valence-corrected chi connectivity index (χ4v) is 4.85. The van der Waals surface area contributed by atoms with Crippen molar-refractivity contribution in [3.05, 3.63) is 29.3 Å². The molecule has 0 saturated carbocycles. The zero-order chi connectivity index (χ0) is 18.7. The molecule has 0 aliphatic carbocycles. The summed E-state index contributed by atoms with van der Waals surface area (Å²) in [5, 5.41) is 9.86. The van der Waals surface area contributed by atoms with Crippen LogP contribution in [0, 0.1) is 11.3 Å². The van der Waals surface area contributed by atoms with Crippen LogP contribution in [0.2, 0.25) is 0 Å². The number of amides is 1. The molecule has 2 atom stereocenters. The Balaban J connectivity index is 1.49. The summed E-state index contributed by atoms with van der Waals surface area (Å²) in [7, 11) is 0. The topological polar surface area (TPSA) is 70.1 Å². The second-order valence-electron chi connectivity index (χ2n) is 8.71. The normalized spacial score (nSPS) is 29.3. The predicted octanol–water partition coefficient (Wildman–Crippen LogP) is 1.76. The number of ether oxygens (including phenoxy) is 1. The van der Waals surface area contributed by atoms with Crippen LogP contribution in [0.4, 0.5) is 0 Å². The Morgan fingerprint density at radius 2 is 2.04 bits per heavy atom. The van der Waals surface area contributed by atoms with Gasteiger partial charge < -0.3 is 14.7 Å². The van der Waals surface area contributed by atoms with E-state index in [2.05, 4.69) is 30.9 Å². The molecule has 26 heavy (non-hydrogen) atoms. The standard InChI is InChI=1S/C20H26N2O4/c1-13(23)22-10-16-9-21(11-20(16,12-22)18(24)25)8-14-4-5-17-15(6-14)7-19(2,3)26-17/h4-6,16H,7-12H2,1-3H3,(H,24,25)/t16-,20-/m1/s1. The number of carbonyl (C=O) groups is 2. The van der Waals surface area contributed by atoms with Crippen molar-refractivity contribution in [1.29, 1.82) is 0 Å². The first-order valence-corrected chi connectivity index (χ1v) is 9.21. The number of hydrogen-bond acceptors (Lipinski definition) is 4. The second kappa shape index (κ2) is 5.71. The minimum Gasteiger partial charge on any atom is -0.487 e. The maximum atomic E-state index is 12.0. The summed E-state index contributed by atoms with van der Waals surface area (Å²) in [5.41, 5.74) is 1.43. The summed E-state index contributed by atoms with van der Waals surface area (Å²) in [6.45, 7) is 8.51. The second-order valence-corrected chi connectivity index (χ2v) is 8.71. The van der Waals surface area contributed by atoms with Gasteiger partial charge in [0, 0.05) is 52.0 Å². The van der Waals surface area contributed by atoms with E-state index in [9.17, 15) is 14.7 Å². The van der Waals surface area contributed by atoms with Gasteiger partial charge in [-0.15, -0.1) is 0 Å². The lowest BCUT2D eigenvalue weighted by molar-refractivity contribution is -0.149. The van der Waals surface area contributed by atoms with E-state index in [1.807, 2.05) is 6.07 Å². The van der Waals surface area contributed by atoms with Crippen LogP contribution in [0.15, 0.2) is 18.2 Å². The van der Waals surface area contributed by atoms with Crippen molar-refractivity contribution >= 4 is 11.9 Å². The summed E-state index contributed by atoms with van der Waals surface area (Å²) in [4.78, 5) is 27.6. The van der Waals surface area contributed by atoms with Gasteiger partial charge in [0.15, 0.2) is 0 Å². The van der Waals surface area contributed by atoms with Gasteiger partial charge in [0.05, 0.1) is 0 Å². The van der Waals surface area contributed by atoms with Crippen LogP contribution in [0.1, 0.15) is 31.9 Å². The van der Waals surface area contributed by atoms with Crippen molar-refractivity contribution in [1.82, 2.24) is 9.80 Å². The van der Waals surface area contributed by atoms with Gasteiger partial charge in [-0.3, -0.25) is 14.5 Å². The van der Waals surface area contributed by atoms with Gasteiger partial charge in [0.25, 0.3) is 0 Å². The van der Waals surface area contributed by atoms with Crippen LogP contribution in [0.25, 0.3) is 0 Å². The van der Waals surface area contributed by atoms with Gasteiger partial charge in [-0.1, -0.05) is 12.1 Å². The van der Waals surface area contributed by atoms with E-state index < -0.39 is 11.4 Å². The molecule has 2 saturated heterocycles. The number of fused-ring (bicyclic) bond motifs is 2. The Bertz CT molecular complexity index is 775. The molecular formula is C20H26N2O4. The maximum Gasteiger partial charge on any atom is 0.313 e. The van der Waals surface area contributed by atoms with Crippen LogP contribution in [0.5, 0.6) is 5.75 Å². The molecule has 3 aliphatic rings. The highest BCUT2D eigenvalue weighted by atomic mass is 16.5. The molecule has 140 valence electrons. The third-order valence-corrected chi connectivity index (χ3v) is 6.08. The van der Waals surface area contributed by atoms with Gasteiger partial charge in [0.2, 0.25) is 5.91 Å². The maximum absolute atomic E-state index is 12.0. The monoisotopic (exact) mass is 358 g/mol. The van der Waals surface area contributed by atoms with Gasteiger partial charge in [-0.25, -0.2) is 0 Å². The van der Waals surface area contributed by atoms with Gasteiger partial charge in [-0.05, 0) is 31.0 Å². The predicted molar refractivity (Wildman–Crippen MR) is 95.9 cm³/mol. The molecule has 1 amide bonds. The first kappa shape index (κ1) is 17.3. The molecule has 0 unspecified atom stereocenters. The molecule has 4 rings (SSSR count). The zero-order valence-electron chi connectivity index (χ0n) is 15.6. The lowest BCUT2D eigenvalue weighted by Gasteiger charge is -2.25. The minimum atomic E-state index is -0.826. The molecule has 1 N–H and O–H groups in total. The molecule has 0 bridgehead atoms. The van der Waals surface area contributed by atoms with Gasteiger partial charge in [-0.2, -0.15) is 0 Å². The molecule has 0 spiro atoms. The van der Waals surface area contributed by atoms with E-state index >= 15 is 0 Å². The SMILES string of the molecule is CC(=O)N1C[C@H]2CN(Cc3ccc4c(c3)CC(C)(C)O4)C[C@@]2(C(=O)O)C1. The Hall–Kier alpha value is -2.08. The van der Waals surface area contributed by atoms with E-state index in [1.54, 1.807) is 4.90 Å². The Morgan fingerprint density at radius 3 is 2.69 bits per heavy atom. The fourth-order valence-electron chi connectivity index (χ4n) is 4.85. The Kier molecular flexibility index (Phi) is 3.81. The average molecular weight is 358 g/mol. The van der Waals surface area contributed by atoms with Crippen LogP contribution in [-0.4, -0.2) is 58.6 Å². The van der Waals surface area contributed by atoms with Crippen molar-refractivity contribution in [2.45, 2.75) is 39.3 Å². The molecular weight excluding hydrogens is 332 g/mol. The van der Waals surface area contributed by atoms with Gasteiger partial charge in [0.1, 0.15) is 16.8 Å². The van der Waals surface area contributed by atoms with E-state index in [4.69, 9.17) is 4.74 Å². The Labute approximate surface area is 153 Å². The molecule has 3 aliphatic heterocycles. The molecule has 0 aromatic heterocycles. The smallest absolute Gasteiger partial charge is 0.313 e. The number of carboxylic acids is 1. The molecule has 1 aromatic carbocycles. The summed E-state index contributed by atoms with van der Waals surface area (Å²) in [6, 6.07) is 6.29. The van der Waals surface area contributed by atoms with Crippen molar-refractivity contribution in [2.24, 2.45) is 11.3 Å². The van der Waals surface area contributed by atoms with Crippen LogP contribution < -0.4 is 4.74 Å². The van der Waals surface area contributed by atoms with Crippen molar-refractivity contribution in [2.75, 3.05) is 26.2 Å². The van der Waals surface area contributed by atoms with Crippen LogP contribution in [-0.2, 0) is 22.6 Å². The quantitative estimate of drug-likeness (QED) is 0.892. The summed E-state index contributed by atoms with van der Waals surface area (Å²) < 4.78 is 5.93. The number of carbonyl (C=O) groups excluding carboxylic acids is 1. The zero-order valence-corrected chi connectivity index (χ0v) is 15.6.